The number of alkyl halides is 3. The van der Waals surface area contributed by atoms with Gasteiger partial charge in [0.2, 0.25) is 5.62 Å². The molecule has 5 nitrogen and oxygen atoms in total. The lowest BCUT2D eigenvalue weighted by Gasteiger charge is -2.04. The van der Waals surface area contributed by atoms with Crippen LogP contribution in [0.1, 0.15) is 19.8 Å². The number of rotatable bonds is 4. The molecule has 0 bridgehead atoms. The minimum Gasteiger partial charge on any atom is -0.320 e. The second-order valence-corrected chi connectivity index (χ2v) is 5.36. The summed E-state index contributed by atoms with van der Waals surface area (Å²) in [5.74, 6) is 0. The lowest BCUT2D eigenvalue weighted by Crippen LogP contribution is -2.30. The molecule has 0 aliphatic rings. The van der Waals surface area contributed by atoms with Gasteiger partial charge in [0, 0.05) is 26.0 Å². The molecule has 0 atom stereocenters. The van der Waals surface area contributed by atoms with Crippen molar-refractivity contribution in [2.24, 2.45) is 11.4 Å². The molecule has 0 fully saturated rings. The molecule has 1 aromatic rings. The molecule has 0 radical (unpaired) electrons. The molecule has 0 saturated carbocycles. The monoisotopic (exact) mass is 285 g/mol. The first kappa shape index (κ1) is 14.8. The Morgan fingerprint density at radius 1 is 1.33 bits per heavy atom. The summed E-state index contributed by atoms with van der Waals surface area (Å²) in [6.45, 7) is 2.34. The smallest absolute Gasteiger partial charge is 0.320 e. The number of hydrogen-bond acceptors (Lipinski definition) is 2. The predicted molar refractivity (Wildman–Crippen MR) is 58.8 cm³/mol. The Morgan fingerprint density at radius 2 is 1.94 bits per heavy atom. The molecule has 1 rings (SSSR count). The fourth-order valence-corrected chi connectivity index (χ4v) is 1.85. The molecule has 1 heterocycles. The Balaban J connectivity index is 3.29. The quantitative estimate of drug-likeness (QED) is 0.839. The zero-order valence-electron chi connectivity index (χ0n) is 9.98. The van der Waals surface area contributed by atoms with Gasteiger partial charge in [-0.05, 0) is 6.42 Å². The van der Waals surface area contributed by atoms with Crippen LogP contribution < -0.4 is 5.62 Å². The van der Waals surface area contributed by atoms with Crippen molar-refractivity contribution in [1.82, 2.24) is 9.13 Å². The SMILES string of the molecule is CCCCn1ccn(C)c1=NS(=O)(=O)C(F)(F)F. The summed E-state index contributed by atoms with van der Waals surface area (Å²) in [4.78, 5) is 0. The first-order valence-electron chi connectivity index (χ1n) is 5.28. The van der Waals surface area contributed by atoms with E-state index in [0.717, 1.165) is 12.8 Å². The van der Waals surface area contributed by atoms with Crippen molar-refractivity contribution in [3.63, 3.8) is 0 Å². The van der Waals surface area contributed by atoms with E-state index < -0.39 is 15.5 Å². The molecule has 0 spiro atoms. The topological polar surface area (TPSA) is 56.4 Å². The maximum Gasteiger partial charge on any atom is 0.518 e. The van der Waals surface area contributed by atoms with Crippen LogP contribution in [-0.4, -0.2) is 23.1 Å². The minimum absolute atomic E-state index is 0.235. The van der Waals surface area contributed by atoms with Crippen molar-refractivity contribution in [3.8, 4) is 0 Å². The number of halogens is 3. The normalized spacial score (nSPS) is 14.2. The van der Waals surface area contributed by atoms with Crippen molar-refractivity contribution < 1.29 is 21.6 Å². The lowest BCUT2D eigenvalue weighted by atomic mass is 10.3. The number of imidazole rings is 1. The maximum atomic E-state index is 12.2. The van der Waals surface area contributed by atoms with E-state index in [-0.39, 0.29) is 5.62 Å². The van der Waals surface area contributed by atoms with Gasteiger partial charge >= 0.3 is 15.5 Å². The number of sulfonamides is 1. The highest BCUT2D eigenvalue weighted by molar-refractivity contribution is 7.90. The van der Waals surface area contributed by atoms with E-state index in [1.165, 1.54) is 28.6 Å². The summed E-state index contributed by atoms with van der Waals surface area (Å²) >= 11 is 0. The molecular formula is C9H14F3N3O2S. The van der Waals surface area contributed by atoms with Gasteiger partial charge in [-0.3, -0.25) is 0 Å². The van der Waals surface area contributed by atoms with Crippen molar-refractivity contribution in [2.45, 2.75) is 31.8 Å². The average molecular weight is 285 g/mol. The van der Waals surface area contributed by atoms with Crippen molar-refractivity contribution in [2.75, 3.05) is 0 Å². The van der Waals surface area contributed by atoms with E-state index in [4.69, 9.17) is 0 Å². The molecule has 0 aliphatic carbocycles. The van der Waals surface area contributed by atoms with E-state index >= 15 is 0 Å². The van der Waals surface area contributed by atoms with Crippen LogP contribution in [0.15, 0.2) is 16.8 Å². The van der Waals surface area contributed by atoms with Gasteiger partial charge in [-0.2, -0.15) is 21.6 Å². The van der Waals surface area contributed by atoms with Crippen LogP contribution >= 0.6 is 0 Å². The molecule has 0 aromatic carbocycles. The number of aryl methyl sites for hydroxylation is 2. The van der Waals surface area contributed by atoms with Crippen LogP contribution in [0.3, 0.4) is 0 Å². The fraction of sp³-hybridized carbons (Fsp3) is 0.667. The molecule has 1 aromatic heterocycles. The summed E-state index contributed by atoms with van der Waals surface area (Å²) in [7, 11) is -4.07. The van der Waals surface area contributed by atoms with Crippen LogP contribution in [0.5, 0.6) is 0 Å². The van der Waals surface area contributed by atoms with Gasteiger partial charge < -0.3 is 9.13 Å². The third-order valence-corrected chi connectivity index (χ3v) is 3.28. The first-order valence-corrected chi connectivity index (χ1v) is 6.72. The second kappa shape index (κ2) is 5.17. The van der Waals surface area contributed by atoms with Gasteiger partial charge in [-0.1, -0.05) is 13.3 Å². The van der Waals surface area contributed by atoms with Gasteiger partial charge in [-0.15, -0.1) is 4.40 Å². The Morgan fingerprint density at radius 3 is 2.44 bits per heavy atom. The number of unbranched alkanes of at least 4 members (excludes halogenated alkanes) is 1. The third-order valence-electron chi connectivity index (χ3n) is 2.29. The van der Waals surface area contributed by atoms with Gasteiger partial charge in [0.1, 0.15) is 0 Å². The molecule has 0 aliphatic heterocycles. The second-order valence-electron chi connectivity index (χ2n) is 3.77. The number of aromatic nitrogens is 2. The largest absolute Gasteiger partial charge is 0.518 e. The number of nitrogens with zero attached hydrogens (tertiary/aromatic N) is 3. The molecular weight excluding hydrogens is 271 g/mol. The molecule has 104 valence electrons. The van der Waals surface area contributed by atoms with Crippen LogP contribution in [-0.2, 0) is 23.6 Å². The summed E-state index contributed by atoms with van der Waals surface area (Å²) in [6.07, 6.45) is 4.53. The summed E-state index contributed by atoms with van der Waals surface area (Å²) < 4.78 is 64.1. The predicted octanol–water partition coefficient (Wildman–Crippen LogP) is 1.38. The summed E-state index contributed by atoms with van der Waals surface area (Å²) in [6, 6.07) is 0. The van der Waals surface area contributed by atoms with Crippen LogP contribution in [0.25, 0.3) is 0 Å². The molecule has 0 N–H and O–H groups in total. The standard InChI is InChI=1S/C9H14F3N3O2S/c1-3-4-5-15-7-6-14(2)8(15)13-18(16,17)9(10,11)12/h6-7H,3-5H2,1-2H3. The summed E-state index contributed by atoms with van der Waals surface area (Å²) in [5.41, 5.74) is -5.61. The zero-order valence-corrected chi connectivity index (χ0v) is 10.8. The van der Waals surface area contributed by atoms with Crippen molar-refractivity contribution in [1.29, 1.82) is 0 Å². The highest BCUT2D eigenvalue weighted by atomic mass is 32.2. The van der Waals surface area contributed by atoms with Gasteiger partial charge in [0.05, 0.1) is 0 Å². The Kier molecular flexibility index (Phi) is 4.25. The Labute approximate surface area is 103 Å². The van der Waals surface area contributed by atoms with E-state index in [2.05, 4.69) is 4.40 Å². The maximum absolute atomic E-state index is 12.2. The van der Waals surface area contributed by atoms with Crippen molar-refractivity contribution >= 4 is 10.0 Å². The Bertz CT molecular complexity index is 569. The highest BCUT2D eigenvalue weighted by Crippen LogP contribution is 2.23. The molecule has 18 heavy (non-hydrogen) atoms. The van der Waals surface area contributed by atoms with Crippen LogP contribution in [0, 0.1) is 0 Å². The molecule has 0 amide bonds. The molecule has 0 unspecified atom stereocenters. The van der Waals surface area contributed by atoms with E-state index in [1.54, 1.807) is 0 Å². The molecule has 9 heteroatoms. The fourth-order valence-electron chi connectivity index (χ4n) is 1.30. The average Bonchev–Trinajstić information content (AvgIpc) is 2.56. The van der Waals surface area contributed by atoms with Gasteiger partial charge in [0.25, 0.3) is 0 Å². The minimum atomic E-state index is -5.51. The van der Waals surface area contributed by atoms with E-state index in [1.807, 2.05) is 6.92 Å². The van der Waals surface area contributed by atoms with E-state index in [9.17, 15) is 21.6 Å². The van der Waals surface area contributed by atoms with Crippen LogP contribution in [0.4, 0.5) is 13.2 Å². The molecule has 0 saturated heterocycles. The lowest BCUT2D eigenvalue weighted by molar-refractivity contribution is -0.0436. The first-order chi connectivity index (χ1) is 8.19. The Hall–Kier alpha value is -1.25. The third kappa shape index (κ3) is 3.15. The van der Waals surface area contributed by atoms with Crippen molar-refractivity contribution in [3.05, 3.63) is 18.0 Å². The summed E-state index contributed by atoms with van der Waals surface area (Å²) in [5, 5.41) is 0. The van der Waals surface area contributed by atoms with Crippen LogP contribution in [0.2, 0.25) is 0 Å². The van der Waals surface area contributed by atoms with Gasteiger partial charge in [0.15, 0.2) is 0 Å². The van der Waals surface area contributed by atoms with Gasteiger partial charge in [-0.25, -0.2) is 0 Å². The number of hydrogen-bond donors (Lipinski definition) is 0. The highest BCUT2D eigenvalue weighted by Gasteiger charge is 2.46. The zero-order chi connectivity index (χ0) is 14.0. The van der Waals surface area contributed by atoms with E-state index in [0.29, 0.717) is 6.54 Å².